The van der Waals surface area contributed by atoms with Gasteiger partial charge in [0.25, 0.3) is 5.56 Å². The first-order chi connectivity index (χ1) is 15.1. The van der Waals surface area contributed by atoms with Crippen molar-refractivity contribution in [1.82, 2.24) is 24.1 Å². The SMILES string of the molecule is Cc1nc2sc([C@H](c3ccccc3)N3C[C@H]4C[C@@H](C3)c3cccc(=O)n3C4)c(O)n2n1. The molecule has 0 amide bonds. The summed E-state index contributed by atoms with van der Waals surface area (Å²) in [5.41, 5.74) is 2.37. The second kappa shape index (κ2) is 7.03. The minimum Gasteiger partial charge on any atom is -0.492 e. The van der Waals surface area contributed by atoms with E-state index in [1.54, 1.807) is 10.6 Å². The molecule has 2 aliphatic rings. The highest BCUT2D eigenvalue weighted by Crippen LogP contribution is 2.44. The van der Waals surface area contributed by atoms with Crippen LogP contribution in [0.4, 0.5) is 0 Å². The molecule has 8 heteroatoms. The number of nitrogens with zero attached hydrogens (tertiary/aromatic N) is 5. The van der Waals surface area contributed by atoms with Crippen LogP contribution in [0.1, 0.15) is 40.3 Å². The van der Waals surface area contributed by atoms with E-state index in [0.29, 0.717) is 22.6 Å². The van der Waals surface area contributed by atoms with Gasteiger partial charge in [-0.05, 0) is 30.9 Å². The van der Waals surface area contributed by atoms with Gasteiger partial charge in [-0.2, -0.15) is 4.52 Å². The van der Waals surface area contributed by atoms with E-state index >= 15 is 0 Å². The summed E-state index contributed by atoms with van der Waals surface area (Å²) in [6.45, 7) is 4.30. The van der Waals surface area contributed by atoms with Crippen LogP contribution >= 0.6 is 11.3 Å². The summed E-state index contributed by atoms with van der Waals surface area (Å²) in [6.07, 6.45) is 1.10. The summed E-state index contributed by atoms with van der Waals surface area (Å²) < 4.78 is 3.50. The van der Waals surface area contributed by atoms with Crippen LogP contribution in [0.3, 0.4) is 0 Å². The minimum absolute atomic E-state index is 0.0812. The summed E-state index contributed by atoms with van der Waals surface area (Å²) >= 11 is 1.50. The number of aromatic hydroxyl groups is 1. The van der Waals surface area contributed by atoms with Gasteiger partial charge in [0.1, 0.15) is 5.82 Å². The third-order valence-corrected chi connectivity index (χ3v) is 7.61. The van der Waals surface area contributed by atoms with Gasteiger partial charge in [0.05, 0.1) is 10.9 Å². The Morgan fingerprint density at radius 2 is 1.94 bits per heavy atom. The summed E-state index contributed by atoms with van der Waals surface area (Å²) in [6, 6.07) is 15.9. The van der Waals surface area contributed by atoms with E-state index in [1.807, 2.05) is 35.8 Å². The molecule has 1 fully saturated rings. The Morgan fingerprint density at radius 3 is 2.74 bits per heavy atom. The molecule has 2 aliphatic heterocycles. The van der Waals surface area contributed by atoms with Gasteiger partial charge in [-0.25, -0.2) is 4.98 Å². The largest absolute Gasteiger partial charge is 0.492 e. The fraction of sp³-hybridized carbons (Fsp3) is 0.348. The average Bonchev–Trinajstić information content (AvgIpc) is 3.27. The zero-order valence-electron chi connectivity index (χ0n) is 17.2. The number of piperidine rings is 1. The van der Waals surface area contributed by atoms with Crippen molar-refractivity contribution in [2.45, 2.75) is 31.8 Å². The molecule has 0 unspecified atom stereocenters. The predicted octanol–water partition coefficient (Wildman–Crippen LogP) is 3.18. The van der Waals surface area contributed by atoms with E-state index in [4.69, 9.17) is 0 Å². The lowest BCUT2D eigenvalue weighted by Gasteiger charge is -2.45. The lowest BCUT2D eigenvalue weighted by Crippen LogP contribution is -2.48. The van der Waals surface area contributed by atoms with Gasteiger partial charge < -0.3 is 9.67 Å². The van der Waals surface area contributed by atoms with Crippen molar-refractivity contribution in [2.24, 2.45) is 5.92 Å². The highest BCUT2D eigenvalue weighted by Gasteiger charge is 2.39. The van der Waals surface area contributed by atoms with Crippen LogP contribution < -0.4 is 5.56 Å². The van der Waals surface area contributed by atoms with Gasteiger partial charge in [0, 0.05) is 37.3 Å². The molecule has 4 aromatic rings. The van der Waals surface area contributed by atoms with Gasteiger partial charge in [-0.15, -0.1) is 5.10 Å². The zero-order chi connectivity index (χ0) is 21.1. The molecule has 3 aromatic heterocycles. The Bertz CT molecular complexity index is 1320. The Hall–Kier alpha value is -2.97. The van der Waals surface area contributed by atoms with Crippen LogP contribution in [0.2, 0.25) is 0 Å². The molecule has 1 aromatic carbocycles. The van der Waals surface area contributed by atoms with Crippen molar-refractivity contribution < 1.29 is 5.11 Å². The normalized spacial score (nSPS) is 21.8. The van der Waals surface area contributed by atoms with Gasteiger partial charge in [0.15, 0.2) is 0 Å². The van der Waals surface area contributed by atoms with Crippen LogP contribution in [-0.4, -0.2) is 42.3 Å². The lowest BCUT2D eigenvalue weighted by atomic mass is 9.82. The monoisotopic (exact) mass is 433 g/mol. The van der Waals surface area contributed by atoms with E-state index in [0.717, 1.165) is 42.2 Å². The maximum atomic E-state index is 12.4. The number of benzene rings is 1. The molecular weight excluding hydrogens is 410 g/mol. The number of aryl methyl sites for hydroxylation is 1. The Balaban J connectivity index is 1.45. The summed E-state index contributed by atoms with van der Waals surface area (Å²) in [7, 11) is 0. The molecule has 158 valence electrons. The van der Waals surface area contributed by atoms with Crippen molar-refractivity contribution >= 4 is 16.3 Å². The Morgan fingerprint density at radius 1 is 1.10 bits per heavy atom. The van der Waals surface area contributed by atoms with Crippen molar-refractivity contribution in [1.29, 1.82) is 0 Å². The molecule has 1 saturated heterocycles. The lowest BCUT2D eigenvalue weighted by molar-refractivity contribution is 0.0952. The number of hydrogen-bond donors (Lipinski definition) is 1. The number of fused-ring (bicyclic) bond motifs is 5. The molecule has 0 aliphatic carbocycles. The standard InChI is InChI=1S/C23H23N5O2S/c1-14-24-23-28(25-14)22(30)21(31-23)20(16-6-3-2-4-7-16)26-11-15-10-17(13-26)18-8-5-9-19(29)27(18)12-15/h2-9,15,17,20,30H,10-13H2,1H3/t15-,17+,20+/m1/s1. The zero-order valence-corrected chi connectivity index (χ0v) is 18.0. The maximum absolute atomic E-state index is 12.4. The van der Waals surface area contributed by atoms with Gasteiger partial charge in [-0.1, -0.05) is 47.7 Å². The first-order valence-electron chi connectivity index (χ1n) is 10.6. The highest BCUT2D eigenvalue weighted by atomic mass is 32.1. The summed E-state index contributed by atoms with van der Waals surface area (Å²) in [5, 5.41) is 15.4. The fourth-order valence-corrected chi connectivity index (χ4v) is 6.50. The molecule has 0 radical (unpaired) electrons. The van der Waals surface area contributed by atoms with Crippen LogP contribution in [0.25, 0.3) is 4.96 Å². The van der Waals surface area contributed by atoms with Crippen LogP contribution in [0.15, 0.2) is 53.3 Å². The minimum atomic E-state index is -0.0812. The molecule has 1 N–H and O–H groups in total. The predicted molar refractivity (Wildman–Crippen MR) is 119 cm³/mol. The third kappa shape index (κ3) is 3.01. The topological polar surface area (TPSA) is 75.7 Å². The number of thiazole rings is 1. The Labute approximate surface area is 183 Å². The van der Waals surface area contributed by atoms with Crippen molar-refractivity contribution in [3.05, 3.63) is 80.8 Å². The van der Waals surface area contributed by atoms with Gasteiger partial charge in [0.2, 0.25) is 10.8 Å². The van der Waals surface area contributed by atoms with E-state index in [-0.39, 0.29) is 17.5 Å². The first kappa shape index (κ1) is 18.8. The summed E-state index contributed by atoms with van der Waals surface area (Å²) in [4.78, 5) is 20.9. The number of likely N-dealkylation sites (tertiary alicyclic amines) is 1. The van der Waals surface area contributed by atoms with Gasteiger partial charge >= 0.3 is 0 Å². The molecular formula is C23H23N5O2S. The van der Waals surface area contributed by atoms with E-state index in [9.17, 15) is 9.90 Å². The smallest absolute Gasteiger partial charge is 0.250 e. The Kier molecular flexibility index (Phi) is 4.26. The molecule has 31 heavy (non-hydrogen) atoms. The van der Waals surface area contributed by atoms with Crippen molar-refractivity contribution in [3.8, 4) is 5.88 Å². The molecule has 3 atom stereocenters. The highest BCUT2D eigenvalue weighted by molar-refractivity contribution is 7.17. The number of rotatable bonds is 3. The average molecular weight is 434 g/mol. The van der Waals surface area contributed by atoms with Crippen molar-refractivity contribution in [2.75, 3.05) is 13.1 Å². The molecule has 0 spiro atoms. The molecule has 6 rings (SSSR count). The first-order valence-corrected chi connectivity index (χ1v) is 11.4. The molecule has 0 saturated carbocycles. The molecule has 7 nitrogen and oxygen atoms in total. The van der Waals surface area contributed by atoms with E-state index < -0.39 is 0 Å². The maximum Gasteiger partial charge on any atom is 0.250 e. The quantitative estimate of drug-likeness (QED) is 0.537. The van der Waals surface area contributed by atoms with Crippen LogP contribution in [-0.2, 0) is 6.54 Å². The number of hydrogen-bond acceptors (Lipinski definition) is 6. The van der Waals surface area contributed by atoms with Crippen LogP contribution in [0, 0.1) is 12.8 Å². The second-order valence-corrected chi connectivity index (χ2v) is 9.62. The molecule has 2 bridgehead atoms. The fourth-order valence-electron chi connectivity index (χ4n) is 5.33. The third-order valence-electron chi connectivity index (χ3n) is 6.54. The number of pyridine rings is 1. The second-order valence-electron chi connectivity index (χ2n) is 8.61. The van der Waals surface area contributed by atoms with E-state index in [1.165, 1.54) is 11.3 Å². The molecule has 5 heterocycles. The van der Waals surface area contributed by atoms with Crippen LogP contribution in [0.5, 0.6) is 5.88 Å². The number of aromatic nitrogens is 4. The summed E-state index contributed by atoms with van der Waals surface area (Å²) in [5.74, 6) is 1.53. The van der Waals surface area contributed by atoms with Gasteiger partial charge in [-0.3, -0.25) is 9.69 Å². The van der Waals surface area contributed by atoms with Crippen molar-refractivity contribution in [3.63, 3.8) is 0 Å². The van der Waals surface area contributed by atoms with E-state index in [2.05, 4.69) is 33.2 Å².